The molecule has 4 rings (SSSR count). The lowest BCUT2D eigenvalue weighted by Crippen LogP contribution is -2.26. The van der Waals surface area contributed by atoms with Crippen LogP contribution in [0.1, 0.15) is 23.5 Å². The number of carbonyl (C=O) groups excluding carboxylic acids is 1. The molecule has 0 aromatic heterocycles. The molecular formula is C20H18N2O5. The molecule has 0 radical (unpaired) electrons. The van der Waals surface area contributed by atoms with Gasteiger partial charge in [-0.3, -0.25) is 14.9 Å². The molecule has 7 nitrogen and oxygen atoms in total. The average Bonchev–Trinajstić information content (AvgIpc) is 3.35. The zero-order chi connectivity index (χ0) is 18.8. The van der Waals surface area contributed by atoms with Gasteiger partial charge in [-0.25, -0.2) is 0 Å². The van der Waals surface area contributed by atoms with Gasteiger partial charge in [0.05, 0.1) is 4.92 Å². The fourth-order valence-electron chi connectivity index (χ4n) is 3.38. The fourth-order valence-corrected chi connectivity index (χ4v) is 3.38. The molecule has 1 atom stereocenters. The number of likely N-dealkylation sites (tertiary alicyclic amines) is 1. The van der Waals surface area contributed by atoms with Crippen LogP contribution in [0.2, 0.25) is 0 Å². The van der Waals surface area contributed by atoms with Gasteiger partial charge in [-0.1, -0.05) is 6.07 Å². The Balaban J connectivity index is 1.38. The van der Waals surface area contributed by atoms with E-state index in [1.54, 1.807) is 18.2 Å². The molecule has 0 N–H and O–H groups in total. The molecule has 138 valence electrons. The molecule has 0 bridgehead atoms. The smallest absolute Gasteiger partial charge is 0.269 e. The largest absolute Gasteiger partial charge is 0.454 e. The highest BCUT2D eigenvalue weighted by atomic mass is 16.7. The van der Waals surface area contributed by atoms with Crippen molar-refractivity contribution in [2.75, 3.05) is 19.9 Å². The van der Waals surface area contributed by atoms with Crippen molar-refractivity contribution < 1.29 is 19.2 Å². The van der Waals surface area contributed by atoms with E-state index in [9.17, 15) is 14.9 Å². The predicted molar refractivity (Wildman–Crippen MR) is 98.6 cm³/mol. The molecule has 1 amide bonds. The van der Waals surface area contributed by atoms with Gasteiger partial charge >= 0.3 is 0 Å². The minimum Gasteiger partial charge on any atom is -0.454 e. The normalized spacial score (nSPS) is 18.2. The summed E-state index contributed by atoms with van der Waals surface area (Å²) in [4.78, 5) is 24.5. The van der Waals surface area contributed by atoms with Gasteiger partial charge in [0.25, 0.3) is 5.69 Å². The van der Waals surface area contributed by atoms with Gasteiger partial charge in [0.2, 0.25) is 12.7 Å². The number of fused-ring (bicyclic) bond motifs is 1. The van der Waals surface area contributed by atoms with Crippen LogP contribution in [0.3, 0.4) is 0 Å². The van der Waals surface area contributed by atoms with Gasteiger partial charge in [-0.15, -0.1) is 0 Å². The fraction of sp³-hybridized carbons (Fsp3) is 0.250. The molecule has 0 spiro atoms. The Labute approximate surface area is 156 Å². The first-order chi connectivity index (χ1) is 13.1. The Morgan fingerprint density at radius 1 is 1.15 bits per heavy atom. The van der Waals surface area contributed by atoms with E-state index >= 15 is 0 Å². The zero-order valence-corrected chi connectivity index (χ0v) is 14.5. The van der Waals surface area contributed by atoms with E-state index in [-0.39, 0.29) is 24.3 Å². The number of hydrogen-bond acceptors (Lipinski definition) is 5. The van der Waals surface area contributed by atoms with Crippen LogP contribution in [-0.2, 0) is 4.79 Å². The van der Waals surface area contributed by atoms with Crippen LogP contribution >= 0.6 is 0 Å². The molecule has 2 aliphatic heterocycles. The van der Waals surface area contributed by atoms with Gasteiger partial charge in [-0.2, -0.15) is 0 Å². The maximum Gasteiger partial charge on any atom is 0.269 e. The highest BCUT2D eigenvalue weighted by Gasteiger charge is 2.27. The second-order valence-corrected chi connectivity index (χ2v) is 6.56. The third-order valence-corrected chi connectivity index (χ3v) is 4.89. The lowest BCUT2D eigenvalue weighted by Gasteiger charge is -2.15. The zero-order valence-electron chi connectivity index (χ0n) is 14.5. The lowest BCUT2D eigenvalue weighted by molar-refractivity contribution is -0.384. The Kier molecular flexibility index (Phi) is 4.50. The molecule has 2 heterocycles. The number of hydrogen-bond donors (Lipinski definition) is 0. The summed E-state index contributed by atoms with van der Waals surface area (Å²) in [6, 6.07) is 12.0. The number of nitrogens with zero attached hydrogens (tertiary/aromatic N) is 2. The van der Waals surface area contributed by atoms with Gasteiger partial charge in [0, 0.05) is 37.2 Å². The van der Waals surface area contributed by atoms with Crippen LogP contribution in [-0.4, -0.2) is 35.6 Å². The van der Waals surface area contributed by atoms with Crippen molar-refractivity contribution >= 4 is 17.7 Å². The summed E-state index contributed by atoms with van der Waals surface area (Å²) in [7, 11) is 0. The minimum atomic E-state index is -0.445. The Morgan fingerprint density at radius 3 is 2.70 bits per heavy atom. The summed E-state index contributed by atoms with van der Waals surface area (Å²) < 4.78 is 10.8. The first kappa shape index (κ1) is 17.1. The number of benzene rings is 2. The van der Waals surface area contributed by atoms with Crippen molar-refractivity contribution in [3.63, 3.8) is 0 Å². The molecule has 0 saturated carbocycles. The van der Waals surface area contributed by atoms with Crippen LogP contribution < -0.4 is 9.47 Å². The van der Waals surface area contributed by atoms with Crippen LogP contribution in [0.15, 0.2) is 48.5 Å². The number of rotatable bonds is 4. The van der Waals surface area contributed by atoms with E-state index in [1.165, 1.54) is 18.2 Å². The number of non-ortho nitro benzene ring substituents is 1. The van der Waals surface area contributed by atoms with Crippen molar-refractivity contribution in [2.24, 2.45) is 0 Å². The topological polar surface area (TPSA) is 81.9 Å². The third-order valence-electron chi connectivity index (χ3n) is 4.89. The summed E-state index contributed by atoms with van der Waals surface area (Å²) in [5.41, 5.74) is 1.93. The summed E-state index contributed by atoms with van der Waals surface area (Å²) in [5.74, 6) is 1.74. The van der Waals surface area contributed by atoms with Gasteiger partial charge in [0.1, 0.15) is 0 Å². The molecule has 1 unspecified atom stereocenters. The second kappa shape index (κ2) is 7.11. The predicted octanol–water partition coefficient (Wildman–Crippen LogP) is 3.35. The van der Waals surface area contributed by atoms with Crippen molar-refractivity contribution in [3.05, 3.63) is 69.8 Å². The van der Waals surface area contributed by atoms with Crippen molar-refractivity contribution in [1.29, 1.82) is 0 Å². The van der Waals surface area contributed by atoms with Gasteiger partial charge in [0.15, 0.2) is 11.5 Å². The van der Waals surface area contributed by atoms with E-state index in [1.807, 2.05) is 23.1 Å². The average molecular weight is 366 g/mol. The van der Waals surface area contributed by atoms with E-state index in [4.69, 9.17) is 9.47 Å². The molecule has 1 saturated heterocycles. The monoisotopic (exact) mass is 366 g/mol. The first-order valence-electron chi connectivity index (χ1n) is 8.71. The summed E-state index contributed by atoms with van der Waals surface area (Å²) in [5, 5.41) is 10.7. The van der Waals surface area contributed by atoms with E-state index < -0.39 is 4.92 Å². The van der Waals surface area contributed by atoms with Gasteiger partial charge < -0.3 is 14.4 Å². The van der Waals surface area contributed by atoms with Crippen LogP contribution in [0.25, 0.3) is 6.08 Å². The molecule has 2 aromatic carbocycles. The van der Waals surface area contributed by atoms with Crippen LogP contribution in [0.5, 0.6) is 11.5 Å². The number of nitro benzene ring substituents is 1. The maximum absolute atomic E-state index is 12.4. The van der Waals surface area contributed by atoms with Crippen LogP contribution in [0, 0.1) is 10.1 Å². The number of carbonyl (C=O) groups is 1. The quantitative estimate of drug-likeness (QED) is 0.471. The van der Waals surface area contributed by atoms with Crippen molar-refractivity contribution in [2.45, 2.75) is 12.3 Å². The summed E-state index contributed by atoms with van der Waals surface area (Å²) in [6.07, 6.45) is 4.10. The van der Waals surface area contributed by atoms with Crippen LogP contribution in [0.4, 0.5) is 5.69 Å². The van der Waals surface area contributed by atoms with E-state index in [0.29, 0.717) is 13.1 Å². The first-order valence-corrected chi connectivity index (χ1v) is 8.71. The minimum absolute atomic E-state index is 0.0320. The standard InChI is InChI=1S/C20H18N2O5/c23-20(8-3-14-1-5-17(6-2-14)22(24)25)21-10-9-16(12-21)15-4-7-18-19(11-15)27-13-26-18/h1-8,11,16H,9-10,12-13H2. The molecular weight excluding hydrogens is 348 g/mol. The highest BCUT2D eigenvalue weighted by Crippen LogP contribution is 2.37. The molecule has 27 heavy (non-hydrogen) atoms. The molecule has 0 aliphatic carbocycles. The molecule has 2 aromatic rings. The second-order valence-electron chi connectivity index (χ2n) is 6.56. The highest BCUT2D eigenvalue weighted by molar-refractivity contribution is 5.92. The van der Waals surface area contributed by atoms with E-state index in [0.717, 1.165) is 29.0 Å². The Bertz CT molecular complexity index is 907. The Hall–Kier alpha value is -3.35. The molecule has 7 heteroatoms. The number of nitro groups is 1. The Morgan fingerprint density at radius 2 is 1.93 bits per heavy atom. The SMILES string of the molecule is O=C(C=Cc1ccc([N+](=O)[O-])cc1)N1CCC(c2ccc3c(c2)OCO3)C1. The molecule has 2 aliphatic rings. The van der Waals surface area contributed by atoms with Gasteiger partial charge in [-0.05, 0) is 47.9 Å². The summed E-state index contributed by atoms with van der Waals surface area (Å²) >= 11 is 0. The molecule has 1 fully saturated rings. The maximum atomic E-state index is 12.4. The third kappa shape index (κ3) is 3.62. The van der Waals surface area contributed by atoms with Crippen molar-refractivity contribution in [1.82, 2.24) is 4.90 Å². The summed E-state index contributed by atoms with van der Waals surface area (Å²) in [6.45, 7) is 1.60. The van der Waals surface area contributed by atoms with E-state index in [2.05, 4.69) is 0 Å². The number of amides is 1. The van der Waals surface area contributed by atoms with Crippen molar-refractivity contribution in [3.8, 4) is 11.5 Å². The lowest BCUT2D eigenvalue weighted by atomic mass is 9.98. The number of ether oxygens (including phenoxy) is 2.